The highest BCUT2D eigenvalue weighted by Gasteiger charge is 2.22. The van der Waals surface area contributed by atoms with E-state index in [4.69, 9.17) is 4.74 Å². The molecule has 0 amide bonds. The summed E-state index contributed by atoms with van der Waals surface area (Å²) >= 11 is 3.57. The van der Waals surface area contributed by atoms with E-state index in [1.165, 1.54) is 0 Å². The standard InChI is InChI=1S/C13H24BrN3O/c1-9(2)17-12(10(14)7-16-17)11(15-6)8-18-13(3,4)5/h7,9,11,15H,8H2,1-6H3. The number of nitrogens with zero attached hydrogens (tertiary/aromatic N) is 2. The lowest BCUT2D eigenvalue weighted by atomic mass is 10.1. The molecule has 1 atom stereocenters. The summed E-state index contributed by atoms with van der Waals surface area (Å²) in [4.78, 5) is 0. The van der Waals surface area contributed by atoms with Crippen LogP contribution in [0.25, 0.3) is 0 Å². The molecule has 0 saturated carbocycles. The molecule has 0 saturated heterocycles. The van der Waals surface area contributed by atoms with Crippen LogP contribution in [0.5, 0.6) is 0 Å². The van der Waals surface area contributed by atoms with E-state index in [1.807, 2.05) is 17.9 Å². The Morgan fingerprint density at radius 3 is 2.50 bits per heavy atom. The van der Waals surface area contributed by atoms with Gasteiger partial charge in [-0.2, -0.15) is 5.10 Å². The molecule has 0 aliphatic carbocycles. The number of nitrogens with one attached hydrogen (secondary N) is 1. The number of rotatable bonds is 5. The topological polar surface area (TPSA) is 39.1 Å². The van der Waals surface area contributed by atoms with Crippen LogP contribution in [0.4, 0.5) is 0 Å². The second-order valence-electron chi connectivity index (χ2n) is 5.68. The summed E-state index contributed by atoms with van der Waals surface area (Å²) in [5.74, 6) is 0. The normalized spacial score (nSPS) is 14.2. The fraction of sp³-hybridized carbons (Fsp3) is 0.769. The van der Waals surface area contributed by atoms with Crippen LogP contribution in [0, 0.1) is 0 Å². The fourth-order valence-corrected chi connectivity index (χ4v) is 2.27. The Kier molecular flexibility index (Phi) is 5.37. The van der Waals surface area contributed by atoms with Crippen molar-refractivity contribution in [3.63, 3.8) is 0 Å². The minimum Gasteiger partial charge on any atom is -0.374 e. The van der Waals surface area contributed by atoms with Crippen LogP contribution < -0.4 is 5.32 Å². The molecule has 1 rings (SSSR count). The van der Waals surface area contributed by atoms with Gasteiger partial charge < -0.3 is 10.1 Å². The lowest BCUT2D eigenvalue weighted by molar-refractivity contribution is -0.0151. The Balaban J connectivity index is 2.91. The zero-order chi connectivity index (χ0) is 13.9. The molecular formula is C13H24BrN3O. The van der Waals surface area contributed by atoms with E-state index >= 15 is 0 Å². The van der Waals surface area contributed by atoms with E-state index in [1.54, 1.807) is 0 Å². The number of aromatic nitrogens is 2. The second kappa shape index (κ2) is 6.17. The van der Waals surface area contributed by atoms with Gasteiger partial charge in [-0.3, -0.25) is 4.68 Å². The van der Waals surface area contributed by atoms with Gasteiger partial charge in [0.25, 0.3) is 0 Å². The molecule has 0 spiro atoms. The van der Waals surface area contributed by atoms with E-state index in [-0.39, 0.29) is 11.6 Å². The zero-order valence-corrected chi connectivity index (χ0v) is 13.7. The Bertz CT molecular complexity index is 382. The molecule has 5 heteroatoms. The van der Waals surface area contributed by atoms with Gasteiger partial charge in [0.1, 0.15) is 0 Å². The Labute approximate surface area is 118 Å². The SMILES string of the molecule is CNC(COC(C)(C)C)c1c(Br)cnn1C(C)C. The first kappa shape index (κ1) is 15.7. The molecule has 104 valence electrons. The second-order valence-corrected chi connectivity index (χ2v) is 6.54. The van der Waals surface area contributed by atoms with Gasteiger partial charge in [0, 0.05) is 6.04 Å². The fourth-order valence-electron chi connectivity index (χ4n) is 1.72. The third-order valence-electron chi connectivity index (χ3n) is 2.64. The van der Waals surface area contributed by atoms with E-state index in [2.05, 4.69) is 61.0 Å². The minimum absolute atomic E-state index is 0.128. The highest BCUT2D eigenvalue weighted by molar-refractivity contribution is 9.10. The predicted molar refractivity (Wildman–Crippen MR) is 77.8 cm³/mol. The van der Waals surface area contributed by atoms with Crippen molar-refractivity contribution >= 4 is 15.9 Å². The molecule has 0 aliphatic rings. The maximum atomic E-state index is 5.87. The minimum atomic E-state index is -0.135. The molecular weight excluding hydrogens is 294 g/mol. The first-order chi connectivity index (χ1) is 8.26. The van der Waals surface area contributed by atoms with E-state index in [0.717, 1.165) is 10.2 Å². The summed E-state index contributed by atoms with van der Waals surface area (Å²) in [5.41, 5.74) is 1.00. The smallest absolute Gasteiger partial charge is 0.0739 e. The maximum Gasteiger partial charge on any atom is 0.0739 e. The van der Waals surface area contributed by atoms with Gasteiger partial charge in [0.2, 0.25) is 0 Å². The Morgan fingerprint density at radius 1 is 1.44 bits per heavy atom. The number of hydrogen-bond acceptors (Lipinski definition) is 3. The quantitative estimate of drug-likeness (QED) is 0.905. The van der Waals surface area contributed by atoms with Crippen molar-refractivity contribution in [2.24, 2.45) is 0 Å². The van der Waals surface area contributed by atoms with Crippen LogP contribution in [0.2, 0.25) is 0 Å². The molecule has 0 aliphatic heterocycles. The molecule has 1 heterocycles. The molecule has 0 radical (unpaired) electrons. The molecule has 1 N–H and O–H groups in total. The van der Waals surface area contributed by atoms with Crippen LogP contribution in [0.1, 0.15) is 52.4 Å². The van der Waals surface area contributed by atoms with Crippen molar-refractivity contribution < 1.29 is 4.74 Å². The monoisotopic (exact) mass is 317 g/mol. The molecule has 0 fully saturated rings. The maximum absolute atomic E-state index is 5.87. The summed E-state index contributed by atoms with van der Waals surface area (Å²) in [6.07, 6.45) is 1.84. The molecule has 1 aromatic rings. The first-order valence-electron chi connectivity index (χ1n) is 6.30. The number of halogens is 1. The van der Waals surface area contributed by atoms with Crippen molar-refractivity contribution in [3.8, 4) is 0 Å². The third kappa shape index (κ3) is 4.07. The molecule has 0 bridgehead atoms. The lowest BCUT2D eigenvalue weighted by Crippen LogP contribution is -2.30. The van der Waals surface area contributed by atoms with Gasteiger partial charge in [-0.15, -0.1) is 0 Å². The molecule has 18 heavy (non-hydrogen) atoms. The lowest BCUT2D eigenvalue weighted by Gasteiger charge is -2.25. The van der Waals surface area contributed by atoms with Crippen LogP contribution in [-0.4, -0.2) is 29.0 Å². The largest absolute Gasteiger partial charge is 0.374 e. The molecule has 0 aromatic carbocycles. The van der Waals surface area contributed by atoms with Crippen molar-refractivity contribution in [2.75, 3.05) is 13.7 Å². The summed E-state index contributed by atoms with van der Waals surface area (Å²) in [7, 11) is 1.95. The summed E-state index contributed by atoms with van der Waals surface area (Å²) in [6.45, 7) is 11.1. The predicted octanol–water partition coefficient (Wildman–Crippen LogP) is 3.30. The number of ether oxygens (including phenoxy) is 1. The Hall–Kier alpha value is -0.390. The average Bonchev–Trinajstić information content (AvgIpc) is 2.60. The summed E-state index contributed by atoms with van der Waals surface area (Å²) in [6, 6.07) is 0.459. The number of hydrogen-bond donors (Lipinski definition) is 1. The van der Waals surface area contributed by atoms with Gasteiger partial charge in [0.05, 0.1) is 34.6 Å². The Morgan fingerprint density at radius 2 is 2.06 bits per heavy atom. The van der Waals surface area contributed by atoms with E-state index < -0.39 is 0 Å². The highest BCUT2D eigenvalue weighted by Crippen LogP contribution is 2.26. The average molecular weight is 318 g/mol. The van der Waals surface area contributed by atoms with Crippen molar-refractivity contribution in [1.29, 1.82) is 0 Å². The molecule has 4 nitrogen and oxygen atoms in total. The molecule has 1 unspecified atom stereocenters. The molecule has 1 aromatic heterocycles. The number of likely N-dealkylation sites (N-methyl/N-ethyl adjacent to an activating group) is 1. The van der Waals surface area contributed by atoms with Gasteiger partial charge in [-0.1, -0.05) is 0 Å². The van der Waals surface area contributed by atoms with Crippen molar-refractivity contribution in [3.05, 3.63) is 16.4 Å². The zero-order valence-electron chi connectivity index (χ0n) is 12.1. The van der Waals surface area contributed by atoms with Crippen LogP contribution in [0.3, 0.4) is 0 Å². The van der Waals surface area contributed by atoms with Crippen molar-refractivity contribution in [1.82, 2.24) is 15.1 Å². The van der Waals surface area contributed by atoms with E-state index in [0.29, 0.717) is 12.6 Å². The van der Waals surface area contributed by atoms with Crippen molar-refractivity contribution in [2.45, 2.75) is 52.3 Å². The first-order valence-corrected chi connectivity index (χ1v) is 7.09. The summed E-state index contributed by atoms with van der Waals surface area (Å²) in [5, 5.41) is 7.70. The van der Waals surface area contributed by atoms with E-state index in [9.17, 15) is 0 Å². The van der Waals surface area contributed by atoms with Crippen LogP contribution in [0.15, 0.2) is 10.7 Å². The van der Waals surface area contributed by atoms with Gasteiger partial charge in [0.15, 0.2) is 0 Å². The van der Waals surface area contributed by atoms with Crippen LogP contribution in [-0.2, 0) is 4.74 Å². The third-order valence-corrected chi connectivity index (χ3v) is 3.25. The van der Waals surface area contributed by atoms with Crippen LogP contribution >= 0.6 is 15.9 Å². The van der Waals surface area contributed by atoms with Gasteiger partial charge >= 0.3 is 0 Å². The highest BCUT2D eigenvalue weighted by atomic mass is 79.9. The summed E-state index contributed by atoms with van der Waals surface area (Å²) < 4.78 is 8.92. The van der Waals surface area contributed by atoms with Gasteiger partial charge in [-0.25, -0.2) is 0 Å². The van der Waals surface area contributed by atoms with Gasteiger partial charge in [-0.05, 0) is 57.6 Å².